The van der Waals surface area contributed by atoms with E-state index in [1.165, 1.54) is 0 Å². The molecule has 1 aromatic rings. The molecule has 0 fully saturated rings. The Labute approximate surface area is 76.3 Å². The van der Waals surface area contributed by atoms with E-state index in [4.69, 9.17) is 11.6 Å². The van der Waals surface area contributed by atoms with Gasteiger partial charge in [-0.2, -0.15) is 0 Å². The summed E-state index contributed by atoms with van der Waals surface area (Å²) in [5.74, 6) is 0. The Hall–Kier alpha value is -1.23. The zero-order chi connectivity index (χ0) is 10.0. The number of carbonyl (C=O) groups is 1. The lowest BCUT2D eigenvalue weighted by atomic mass is 10.2. The number of hydrogen-bond donors (Lipinski definition) is 1. The van der Waals surface area contributed by atoms with E-state index in [0.29, 0.717) is 0 Å². The molecule has 0 radical (unpaired) electrons. The van der Waals surface area contributed by atoms with E-state index in [1.807, 2.05) is 4.98 Å². The zero-order valence-corrected chi connectivity index (χ0v) is 6.94. The Morgan fingerprint density at radius 1 is 1.54 bits per heavy atom. The number of H-pyrrole nitrogens is 1. The normalized spacial score (nSPS) is 10.5. The van der Waals surface area contributed by atoms with Crippen LogP contribution in [0.2, 0.25) is 5.02 Å². The zero-order valence-electron chi connectivity index (χ0n) is 6.18. The maximum atomic E-state index is 12.2. The molecule has 0 unspecified atom stereocenters. The minimum atomic E-state index is -2.84. The summed E-state index contributed by atoms with van der Waals surface area (Å²) in [6.07, 6.45) is -2.69. The van der Waals surface area contributed by atoms with E-state index in [1.54, 1.807) is 0 Å². The number of hydrogen-bond acceptors (Lipinski definition) is 2. The summed E-state index contributed by atoms with van der Waals surface area (Å²) in [6.45, 7) is 0. The molecule has 0 atom stereocenters. The highest BCUT2D eigenvalue weighted by molar-refractivity contribution is 6.30. The highest BCUT2D eigenvalue weighted by Gasteiger charge is 2.15. The largest absolute Gasteiger partial charge is 0.318 e. The Balaban J connectivity index is 3.41. The van der Waals surface area contributed by atoms with Crippen LogP contribution < -0.4 is 5.56 Å². The third kappa shape index (κ3) is 1.92. The lowest BCUT2D eigenvalue weighted by molar-refractivity contribution is 0.110. The van der Waals surface area contributed by atoms with Crippen molar-refractivity contribution in [1.29, 1.82) is 0 Å². The van der Waals surface area contributed by atoms with Crippen molar-refractivity contribution in [1.82, 2.24) is 4.98 Å². The maximum Gasteiger partial charge on any atom is 0.267 e. The van der Waals surface area contributed by atoms with E-state index in [-0.39, 0.29) is 11.3 Å². The topological polar surface area (TPSA) is 49.9 Å². The molecule has 1 N–H and O–H groups in total. The monoisotopic (exact) mass is 207 g/mol. The Morgan fingerprint density at radius 2 is 2.15 bits per heavy atom. The number of aromatic nitrogens is 1. The molecule has 0 spiro atoms. The average molecular weight is 208 g/mol. The van der Waals surface area contributed by atoms with Crippen LogP contribution in [0.5, 0.6) is 0 Å². The van der Waals surface area contributed by atoms with Crippen molar-refractivity contribution < 1.29 is 13.6 Å². The molecule has 0 bridgehead atoms. The van der Waals surface area contributed by atoms with Crippen LogP contribution in [0.15, 0.2) is 10.9 Å². The smallest absolute Gasteiger partial charge is 0.267 e. The predicted molar refractivity (Wildman–Crippen MR) is 42.4 cm³/mol. The summed E-state index contributed by atoms with van der Waals surface area (Å²) < 4.78 is 24.4. The van der Waals surface area contributed by atoms with Gasteiger partial charge in [0.25, 0.3) is 12.0 Å². The Bertz CT molecular complexity index is 389. The second-order valence-electron chi connectivity index (χ2n) is 2.23. The van der Waals surface area contributed by atoms with Crippen molar-refractivity contribution in [3.63, 3.8) is 0 Å². The van der Waals surface area contributed by atoms with Gasteiger partial charge >= 0.3 is 0 Å². The molecule has 0 saturated heterocycles. The van der Waals surface area contributed by atoms with Crippen LogP contribution in [0.4, 0.5) is 8.78 Å². The summed E-state index contributed by atoms with van der Waals surface area (Å²) in [6, 6.07) is 0.786. The van der Waals surface area contributed by atoms with Crippen LogP contribution in [0.3, 0.4) is 0 Å². The van der Waals surface area contributed by atoms with E-state index < -0.39 is 23.2 Å². The quantitative estimate of drug-likeness (QED) is 0.752. The first kappa shape index (κ1) is 9.85. The molecule has 0 saturated carbocycles. The Kier molecular flexibility index (Phi) is 2.77. The van der Waals surface area contributed by atoms with Crippen LogP contribution in [0.1, 0.15) is 22.5 Å². The van der Waals surface area contributed by atoms with Crippen molar-refractivity contribution in [2.45, 2.75) is 6.43 Å². The molecule has 0 aliphatic carbocycles. The van der Waals surface area contributed by atoms with Gasteiger partial charge in [0.05, 0.1) is 5.69 Å². The second-order valence-corrected chi connectivity index (χ2v) is 2.64. The number of aldehydes is 1. The van der Waals surface area contributed by atoms with Crippen LogP contribution in [0, 0.1) is 0 Å². The van der Waals surface area contributed by atoms with Gasteiger partial charge in [-0.25, -0.2) is 8.78 Å². The molecule has 0 aliphatic heterocycles. The number of nitrogens with one attached hydrogen (secondary N) is 1. The van der Waals surface area contributed by atoms with Gasteiger partial charge in [0, 0.05) is 5.56 Å². The van der Waals surface area contributed by atoms with Crippen molar-refractivity contribution in [3.8, 4) is 0 Å². The molecule has 1 heterocycles. The van der Waals surface area contributed by atoms with Gasteiger partial charge in [0.1, 0.15) is 5.02 Å². The molecule has 70 valence electrons. The molecule has 0 amide bonds. The minimum Gasteiger partial charge on any atom is -0.318 e. The van der Waals surface area contributed by atoms with Crippen LogP contribution in [0.25, 0.3) is 0 Å². The summed E-state index contributed by atoms with van der Waals surface area (Å²) in [7, 11) is 0. The third-order valence-corrected chi connectivity index (χ3v) is 1.69. The van der Waals surface area contributed by atoms with Gasteiger partial charge in [-0.3, -0.25) is 9.59 Å². The third-order valence-electron chi connectivity index (χ3n) is 1.41. The van der Waals surface area contributed by atoms with E-state index in [9.17, 15) is 18.4 Å². The summed E-state index contributed by atoms with van der Waals surface area (Å²) >= 11 is 5.29. The summed E-state index contributed by atoms with van der Waals surface area (Å²) in [5, 5.41) is -0.360. The molecule has 0 aromatic carbocycles. The Morgan fingerprint density at radius 3 is 2.62 bits per heavy atom. The predicted octanol–water partition coefficient (Wildman–Crippen LogP) is 1.78. The van der Waals surface area contributed by atoms with Gasteiger partial charge in [-0.1, -0.05) is 11.6 Å². The van der Waals surface area contributed by atoms with Crippen LogP contribution in [-0.4, -0.2) is 11.3 Å². The highest BCUT2D eigenvalue weighted by atomic mass is 35.5. The van der Waals surface area contributed by atoms with Crippen molar-refractivity contribution >= 4 is 17.9 Å². The highest BCUT2D eigenvalue weighted by Crippen LogP contribution is 2.21. The van der Waals surface area contributed by atoms with Crippen molar-refractivity contribution in [3.05, 3.63) is 32.7 Å². The number of alkyl halides is 2. The fourth-order valence-corrected chi connectivity index (χ4v) is 0.977. The fraction of sp³-hybridized carbons (Fsp3) is 0.143. The standard InChI is InChI=1S/C7H4ClF2NO2/c8-4-1-3(6(9)10)5(2-12)11-7(4)13/h1-2,6H,(H,11,13). The number of pyridine rings is 1. The molecular weight excluding hydrogens is 204 g/mol. The molecule has 3 nitrogen and oxygen atoms in total. The van der Waals surface area contributed by atoms with Crippen molar-refractivity contribution in [2.24, 2.45) is 0 Å². The number of halogens is 3. The first-order valence-electron chi connectivity index (χ1n) is 3.22. The first-order valence-corrected chi connectivity index (χ1v) is 3.60. The van der Waals surface area contributed by atoms with Gasteiger partial charge in [-0.05, 0) is 6.07 Å². The lowest BCUT2D eigenvalue weighted by Gasteiger charge is -2.02. The van der Waals surface area contributed by atoms with E-state index in [0.717, 1.165) is 6.07 Å². The van der Waals surface area contributed by atoms with Crippen LogP contribution in [-0.2, 0) is 0 Å². The second kappa shape index (κ2) is 3.66. The van der Waals surface area contributed by atoms with Gasteiger partial charge in [0.2, 0.25) is 0 Å². The summed E-state index contributed by atoms with van der Waals surface area (Å²) in [4.78, 5) is 23.0. The first-order chi connectivity index (χ1) is 6.06. The minimum absolute atomic E-state index is 0.152. The molecule has 6 heteroatoms. The fourth-order valence-electron chi connectivity index (χ4n) is 0.812. The molecule has 1 aromatic heterocycles. The van der Waals surface area contributed by atoms with Crippen molar-refractivity contribution in [2.75, 3.05) is 0 Å². The molecule has 1 rings (SSSR count). The van der Waals surface area contributed by atoms with Gasteiger partial charge in [-0.15, -0.1) is 0 Å². The lowest BCUT2D eigenvalue weighted by Crippen LogP contribution is -2.12. The SMILES string of the molecule is O=Cc1[nH]c(=O)c(Cl)cc1C(F)F. The van der Waals surface area contributed by atoms with E-state index >= 15 is 0 Å². The van der Waals surface area contributed by atoms with Gasteiger partial charge < -0.3 is 4.98 Å². The number of carbonyl (C=O) groups excluding carboxylic acids is 1. The maximum absolute atomic E-state index is 12.2. The van der Waals surface area contributed by atoms with Crippen LogP contribution >= 0.6 is 11.6 Å². The summed E-state index contributed by atoms with van der Waals surface area (Å²) in [5.41, 5.74) is -1.77. The van der Waals surface area contributed by atoms with Gasteiger partial charge in [0.15, 0.2) is 6.29 Å². The molecule has 13 heavy (non-hydrogen) atoms. The number of rotatable bonds is 2. The molecular formula is C7H4ClF2NO2. The number of aromatic amines is 1. The van der Waals surface area contributed by atoms with E-state index in [2.05, 4.69) is 0 Å². The molecule has 0 aliphatic rings. The average Bonchev–Trinajstić information content (AvgIpc) is 2.08.